The van der Waals surface area contributed by atoms with Gasteiger partial charge in [0.1, 0.15) is 11.7 Å². The average molecular weight is 385 g/mol. The number of carbonyl (C=O) groups is 1. The van der Waals surface area contributed by atoms with Gasteiger partial charge in [-0.1, -0.05) is 30.3 Å². The molecular formula is C21H27N3O4. The van der Waals surface area contributed by atoms with Crippen LogP contribution in [0.2, 0.25) is 0 Å². The molecule has 4 rings (SSSR count). The summed E-state index contributed by atoms with van der Waals surface area (Å²) < 4.78 is 7.66. The minimum atomic E-state index is -1.15. The Balaban J connectivity index is 1.39. The van der Waals surface area contributed by atoms with Gasteiger partial charge in [0.25, 0.3) is 5.91 Å². The second-order valence-electron chi connectivity index (χ2n) is 8.13. The van der Waals surface area contributed by atoms with Crippen LogP contribution >= 0.6 is 0 Å². The van der Waals surface area contributed by atoms with Gasteiger partial charge in [0.15, 0.2) is 0 Å². The molecule has 2 fully saturated rings. The van der Waals surface area contributed by atoms with Crippen molar-refractivity contribution in [1.29, 1.82) is 0 Å². The van der Waals surface area contributed by atoms with Crippen molar-refractivity contribution >= 4 is 5.91 Å². The number of aliphatic hydroxyl groups is 2. The Morgan fingerprint density at radius 3 is 2.68 bits per heavy atom. The van der Waals surface area contributed by atoms with Crippen molar-refractivity contribution in [2.75, 3.05) is 19.7 Å². The van der Waals surface area contributed by atoms with Crippen LogP contribution < -0.4 is 0 Å². The van der Waals surface area contributed by atoms with Crippen molar-refractivity contribution in [3.05, 3.63) is 53.9 Å². The SMILES string of the molecule is C[C@@]1(O)CCOC2(CCN(C(=O)c3cnn(Cc4ccccc4)c3)CC2)[C@H]1O. The predicted molar refractivity (Wildman–Crippen MR) is 103 cm³/mol. The van der Waals surface area contributed by atoms with Crippen LogP contribution in [0.25, 0.3) is 0 Å². The first kappa shape index (κ1) is 19.1. The first-order chi connectivity index (χ1) is 13.4. The van der Waals surface area contributed by atoms with Crippen LogP contribution in [0.4, 0.5) is 0 Å². The normalized spacial score (nSPS) is 27.1. The van der Waals surface area contributed by atoms with E-state index in [0.29, 0.717) is 51.1 Å². The summed E-state index contributed by atoms with van der Waals surface area (Å²) in [6.45, 7) is 3.66. The van der Waals surface area contributed by atoms with E-state index in [1.165, 1.54) is 0 Å². The summed E-state index contributed by atoms with van der Waals surface area (Å²) in [4.78, 5) is 14.6. The van der Waals surface area contributed by atoms with Crippen LogP contribution in [0.5, 0.6) is 0 Å². The smallest absolute Gasteiger partial charge is 0.257 e. The van der Waals surface area contributed by atoms with Gasteiger partial charge >= 0.3 is 0 Å². The van der Waals surface area contributed by atoms with E-state index in [1.807, 2.05) is 30.3 Å². The Bertz CT molecular complexity index is 825. The van der Waals surface area contributed by atoms with E-state index in [2.05, 4.69) is 5.10 Å². The first-order valence-electron chi connectivity index (χ1n) is 9.80. The summed E-state index contributed by atoms with van der Waals surface area (Å²) in [6, 6.07) is 9.98. The van der Waals surface area contributed by atoms with Crippen LogP contribution in [-0.4, -0.2) is 67.8 Å². The molecule has 2 N–H and O–H groups in total. The first-order valence-corrected chi connectivity index (χ1v) is 9.80. The summed E-state index contributed by atoms with van der Waals surface area (Å²) in [7, 11) is 0. The number of nitrogens with zero attached hydrogens (tertiary/aromatic N) is 3. The number of likely N-dealkylation sites (tertiary alicyclic amines) is 1. The fourth-order valence-corrected chi connectivity index (χ4v) is 4.26. The predicted octanol–water partition coefficient (Wildman–Crippen LogP) is 1.44. The summed E-state index contributed by atoms with van der Waals surface area (Å²) in [6.07, 6.45) is 3.87. The maximum Gasteiger partial charge on any atom is 0.257 e. The van der Waals surface area contributed by atoms with E-state index in [4.69, 9.17) is 4.74 Å². The van der Waals surface area contributed by atoms with Gasteiger partial charge in [-0.05, 0) is 25.3 Å². The van der Waals surface area contributed by atoms with Gasteiger partial charge in [-0.25, -0.2) is 0 Å². The van der Waals surface area contributed by atoms with Gasteiger partial charge in [-0.3, -0.25) is 9.48 Å². The highest BCUT2D eigenvalue weighted by Crippen LogP contribution is 2.39. The lowest BCUT2D eigenvalue weighted by Gasteiger charge is -2.51. The van der Waals surface area contributed by atoms with Crippen molar-refractivity contribution in [2.45, 2.75) is 50.0 Å². The number of carbonyl (C=O) groups excluding carboxylic acids is 1. The summed E-state index contributed by atoms with van der Waals surface area (Å²) in [5.41, 5.74) is -0.233. The van der Waals surface area contributed by atoms with Gasteiger partial charge in [0.2, 0.25) is 0 Å². The van der Waals surface area contributed by atoms with E-state index >= 15 is 0 Å². The average Bonchev–Trinajstić information content (AvgIpc) is 3.15. The third-order valence-corrected chi connectivity index (χ3v) is 6.05. The molecule has 7 nitrogen and oxygen atoms in total. The number of aromatic nitrogens is 2. The number of rotatable bonds is 3. The Kier molecular flexibility index (Phi) is 4.99. The van der Waals surface area contributed by atoms with Crippen molar-refractivity contribution in [3.8, 4) is 0 Å². The zero-order valence-corrected chi connectivity index (χ0v) is 16.1. The van der Waals surface area contributed by atoms with E-state index < -0.39 is 17.3 Å². The number of hydrogen-bond donors (Lipinski definition) is 2. The molecule has 2 aliphatic rings. The zero-order chi connectivity index (χ0) is 19.8. The second-order valence-corrected chi connectivity index (χ2v) is 8.13. The summed E-state index contributed by atoms with van der Waals surface area (Å²) >= 11 is 0. The van der Waals surface area contributed by atoms with Crippen LogP contribution in [-0.2, 0) is 11.3 Å². The lowest BCUT2D eigenvalue weighted by molar-refractivity contribution is -0.244. The maximum atomic E-state index is 12.9. The van der Waals surface area contributed by atoms with Gasteiger partial charge < -0.3 is 19.8 Å². The molecule has 1 amide bonds. The number of hydrogen-bond acceptors (Lipinski definition) is 5. The summed E-state index contributed by atoms with van der Waals surface area (Å²) in [5.74, 6) is -0.0637. The van der Waals surface area contributed by atoms with Crippen LogP contribution in [0.3, 0.4) is 0 Å². The monoisotopic (exact) mass is 385 g/mol. The van der Waals surface area contributed by atoms with Gasteiger partial charge in [-0.2, -0.15) is 5.10 Å². The molecule has 1 spiro atoms. The Labute approximate surface area is 164 Å². The molecule has 0 unspecified atom stereocenters. The Morgan fingerprint density at radius 1 is 1.25 bits per heavy atom. The fourth-order valence-electron chi connectivity index (χ4n) is 4.26. The molecule has 0 bridgehead atoms. The molecule has 0 radical (unpaired) electrons. The molecule has 3 heterocycles. The molecule has 1 aromatic carbocycles. The van der Waals surface area contributed by atoms with Crippen LogP contribution in [0, 0.1) is 0 Å². The molecular weight excluding hydrogens is 358 g/mol. The molecule has 0 saturated carbocycles. The molecule has 150 valence electrons. The molecule has 2 atom stereocenters. The second kappa shape index (κ2) is 7.31. The Hall–Kier alpha value is -2.22. The van der Waals surface area contributed by atoms with Crippen molar-refractivity contribution in [2.24, 2.45) is 0 Å². The molecule has 2 saturated heterocycles. The van der Waals surface area contributed by atoms with E-state index in [0.717, 1.165) is 5.56 Å². The topological polar surface area (TPSA) is 87.8 Å². The highest BCUT2D eigenvalue weighted by Gasteiger charge is 2.52. The largest absolute Gasteiger partial charge is 0.387 e. The molecule has 0 aliphatic carbocycles. The quantitative estimate of drug-likeness (QED) is 0.835. The van der Waals surface area contributed by atoms with Gasteiger partial charge in [0.05, 0.1) is 30.5 Å². The van der Waals surface area contributed by atoms with Gasteiger partial charge in [-0.15, -0.1) is 0 Å². The van der Waals surface area contributed by atoms with E-state index in [9.17, 15) is 15.0 Å². The van der Waals surface area contributed by atoms with Crippen LogP contribution in [0.15, 0.2) is 42.7 Å². The minimum absolute atomic E-state index is 0.0637. The maximum absolute atomic E-state index is 12.9. The number of amides is 1. The third kappa shape index (κ3) is 3.57. The van der Waals surface area contributed by atoms with Crippen molar-refractivity contribution in [1.82, 2.24) is 14.7 Å². The number of benzene rings is 1. The number of aliphatic hydroxyl groups excluding tert-OH is 1. The number of ether oxygens (including phenoxy) is 1. The highest BCUT2D eigenvalue weighted by molar-refractivity contribution is 5.93. The Morgan fingerprint density at radius 2 is 1.96 bits per heavy atom. The lowest BCUT2D eigenvalue weighted by Crippen LogP contribution is -2.64. The van der Waals surface area contributed by atoms with Crippen molar-refractivity contribution < 1.29 is 19.7 Å². The van der Waals surface area contributed by atoms with E-state index in [1.54, 1.807) is 28.9 Å². The van der Waals surface area contributed by atoms with E-state index in [-0.39, 0.29) is 5.91 Å². The molecule has 1 aromatic heterocycles. The number of piperidine rings is 1. The molecule has 2 aromatic rings. The molecule has 7 heteroatoms. The highest BCUT2D eigenvalue weighted by atomic mass is 16.5. The van der Waals surface area contributed by atoms with Gasteiger partial charge in [0, 0.05) is 25.7 Å². The lowest BCUT2D eigenvalue weighted by atomic mass is 9.75. The summed E-state index contributed by atoms with van der Waals surface area (Å²) in [5, 5.41) is 25.3. The molecule has 28 heavy (non-hydrogen) atoms. The van der Waals surface area contributed by atoms with Crippen molar-refractivity contribution in [3.63, 3.8) is 0 Å². The van der Waals surface area contributed by atoms with Crippen LogP contribution in [0.1, 0.15) is 42.1 Å². The fraction of sp³-hybridized carbons (Fsp3) is 0.524. The standard InChI is InChI=1S/C21H27N3O4/c1-20(27)9-12-28-21(19(20)26)7-10-23(11-8-21)18(25)17-13-22-24(15-17)14-16-5-3-2-4-6-16/h2-6,13,15,19,26-27H,7-12,14H2,1H3/t19-,20+/m0/s1. The minimum Gasteiger partial charge on any atom is -0.387 e. The third-order valence-electron chi connectivity index (χ3n) is 6.05. The zero-order valence-electron chi connectivity index (χ0n) is 16.1. The molecule has 2 aliphatic heterocycles.